The molecule has 18 heteroatoms. The zero-order chi connectivity index (χ0) is 51.8. The molecule has 2 aromatic carbocycles. The predicted octanol–water partition coefficient (Wildman–Crippen LogP) is 5.27. The van der Waals surface area contributed by atoms with Crippen molar-refractivity contribution in [3.8, 4) is 0 Å². The number of halogens is 1. The Bertz CT molecular complexity index is 2240. The van der Waals surface area contributed by atoms with Gasteiger partial charge in [-0.3, -0.25) is 29.4 Å². The van der Waals surface area contributed by atoms with Gasteiger partial charge >= 0.3 is 0 Å². The maximum atomic E-state index is 14.1. The number of piperazine rings is 1. The van der Waals surface area contributed by atoms with Gasteiger partial charge in [-0.05, 0) is 86.5 Å². The molecule has 2 aromatic heterocycles. The van der Waals surface area contributed by atoms with E-state index in [9.17, 15) is 14.0 Å². The lowest BCUT2D eigenvalue weighted by Gasteiger charge is -2.39. The Morgan fingerprint density at radius 1 is 0.849 bits per heavy atom. The maximum Gasteiger partial charge on any atom is 0.255 e. The molecule has 2 amide bonds. The molecular formula is C55H79FN8O9. The Balaban J connectivity index is 0.782. The highest BCUT2D eigenvalue weighted by atomic mass is 19.1. The van der Waals surface area contributed by atoms with E-state index in [1.165, 1.54) is 12.1 Å². The molecule has 73 heavy (non-hydrogen) atoms. The summed E-state index contributed by atoms with van der Waals surface area (Å²) < 4.78 is 53.6. The number of likely N-dealkylation sites (N-methyl/N-ethyl adjacent to an activating group) is 1. The molecule has 0 bridgehead atoms. The number of fused-ring (bicyclic) bond motifs is 1. The van der Waals surface area contributed by atoms with Crippen LogP contribution in [0.3, 0.4) is 0 Å². The number of nitrogens with zero attached hydrogens (tertiary/aromatic N) is 5. The number of hydrogen-bond donors (Lipinski definition) is 3. The van der Waals surface area contributed by atoms with Crippen LogP contribution in [0, 0.1) is 5.82 Å². The minimum Gasteiger partial charge on any atom is -0.383 e. The first-order valence-corrected chi connectivity index (χ1v) is 25.6. The van der Waals surface area contributed by atoms with Crippen LogP contribution in [-0.4, -0.2) is 183 Å². The number of aromatic nitrogens is 2. The zero-order valence-electron chi connectivity index (χ0n) is 43.9. The minimum absolute atomic E-state index is 0.0535. The van der Waals surface area contributed by atoms with Crippen molar-refractivity contribution in [2.24, 2.45) is 0 Å². The number of amides is 2. The number of methoxy groups -OCH3 is 1. The molecular weight excluding hydrogens is 936 g/mol. The minimum atomic E-state index is -0.339. The molecule has 2 aliphatic rings. The quantitative estimate of drug-likeness (QED) is 0.0527. The second-order valence-corrected chi connectivity index (χ2v) is 19.4. The van der Waals surface area contributed by atoms with E-state index in [0.29, 0.717) is 136 Å². The van der Waals surface area contributed by atoms with Gasteiger partial charge in [0.2, 0.25) is 5.91 Å². The van der Waals surface area contributed by atoms with Crippen molar-refractivity contribution in [3.63, 3.8) is 0 Å². The molecule has 3 N–H and O–H groups in total. The number of nitrogens with one attached hydrogen (secondary N) is 3. The predicted molar refractivity (Wildman–Crippen MR) is 280 cm³/mol. The van der Waals surface area contributed by atoms with Crippen LogP contribution in [0.1, 0.15) is 72.2 Å². The molecule has 0 spiro atoms. The summed E-state index contributed by atoms with van der Waals surface area (Å²) in [7, 11) is 3.75. The summed E-state index contributed by atoms with van der Waals surface area (Å²) in [5, 5.41) is 9.82. The Kier molecular flexibility index (Phi) is 24.0. The van der Waals surface area contributed by atoms with Crippen LogP contribution >= 0.6 is 0 Å². The first-order chi connectivity index (χ1) is 35.4. The van der Waals surface area contributed by atoms with Gasteiger partial charge in [-0.25, -0.2) is 4.39 Å². The number of ether oxygens (including phenoxy) is 7. The summed E-state index contributed by atoms with van der Waals surface area (Å²) in [6, 6.07) is 20.3. The maximum absolute atomic E-state index is 14.1. The van der Waals surface area contributed by atoms with E-state index in [-0.39, 0.29) is 41.2 Å². The summed E-state index contributed by atoms with van der Waals surface area (Å²) >= 11 is 0. The van der Waals surface area contributed by atoms with Crippen molar-refractivity contribution in [2.75, 3.05) is 150 Å². The fourth-order valence-corrected chi connectivity index (χ4v) is 8.80. The average molecular weight is 1020 g/mol. The molecule has 400 valence electrons. The summed E-state index contributed by atoms with van der Waals surface area (Å²) in [5.41, 5.74) is 6.74. The van der Waals surface area contributed by atoms with Crippen molar-refractivity contribution < 1.29 is 47.1 Å². The summed E-state index contributed by atoms with van der Waals surface area (Å²) in [6.45, 7) is 19.2. The number of benzene rings is 2. The Labute approximate surface area is 431 Å². The monoisotopic (exact) mass is 1010 g/mol. The van der Waals surface area contributed by atoms with Crippen molar-refractivity contribution >= 4 is 23.2 Å². The highest BCUT2D eigenvalue weighted by molar-refractivity contribution is 6.04. The molecule has 17 nitrogen and oxygen atoms in total. The first kappa shape index (κ1) is 57.4. The van der Waals surface area contributed by atoms with E-state index < -0.39 is 0 Å². The van der Waals surface area contributed by atoms with Crippen LogP contribution in [-0.2, 0) is 56.3 Å². The molecule has 1 fully saturated rings. The van der Waals surface area contributed by atoms with E-state index in [0.717, 1.165) is 46.9 Å². The van der Waals surface area contributed by atoms with E-state index in [2.05, 4.69) is 71.5 Å². The molecule has 1 saturated heterocycles. The van der Waals surface area contributed by atoms with E-state index >= 15 is 0 Å². The fourth-order valence-electron chi connectivity index (χ4n) is 8.80. The van der Waals surface area contributed by atoms with Gasteiger partial charge in [0.05, 0.1) is 110 Å². The van der Waals surface area contributed by atoms with Gasteiger partial charge < -0.3 is 54.0 Å². The van der Waals surface area contributed by atoms with E-state index in [4.69, 9.17) is 38.1 Å². The van der Waals surface area contributed by atoms with Gasteiger partial charge in [-0.15, -0.1) is 0 Å². The Morgan fingerprint density at radius 3 is 2.07 bits per heavy atom. The SMILES string of the molecule is COC[C@H]1CN[C@H](C)CN1CC(=O)N1CC(C)(C)c2nc(CN(C)CCOCCOCCOCCOCCOCCOCCN[C@H](C)c3ccc(C(=O)Nc4ccncc4)cc3)c(Cc3ccc(F)cc3)cc21. The number of rotatable bonds is 33. The normalized spacial score (nSPS) is 17.0. The molecule has 4 aromatic rings. The van der Waals surface area contributed by atoms with Crippen molar-refractivity contribution in [3.05, 3.63) is 119 Å². The second-order valence-electron chi connectivity index (χ2n) is 19.4. The smallest absolute Gasteiger partial charge is 0.255 e. The highest BCUT2D eigenvalue weighted by Gasteiger charge is 2.41. The third-order valence-electron chi connectivity index (χ3n) is 12.9. The summed E-state index contributed by atoms with van der Waals surface area (Å²) in [6.07, 6.45) is 3.84. The van der Waals surface area contributed by atoms with Crippen LogP contribution < -0.4 is 20.9 Å². The number of hydrogen-bond acceptors (Lipinski definition) is 15. The number of anilines is 2. The number of carbonyl (C=O) groups is 2. The van der Waals surface area contributed by atoms with Gasteiger partial charge in [0.15, 0.2) is 0 Å². The lowest BCUT2D eigenvalue weighted by molar-refractivity contribution is -0.121. The van der Waals surface area contributed by atoms with Crippen LogP contribution in [0.4, 0.5) is 15.8 Å². The molecule has 0 unspecified atom stereocenters. The average Bonchev–Trinajstić information content (AvgIpc) is 3.64. The molecule has 4 heterocycles. The molecule has 0 radical (unpaired) electrons. The lowest BCUT2D eigenvalue weighted by Crippen LogP contribution is -2.59. The van der Waals surface area contributed by atoms with Gasteiger partial charge in [-0.2, -0.15) is 0 Å². The number of carbonyl (C=O) groups excluding carboxylic acids is 2. The molecule has 3 atom stereocenters. The van der Waals surface area contributed by atoms with E-state index in [1.54, 1.807) is 31.6 Å². The third kappa shape index (κ3) is 19.1. The Morgan fingerprint density at radius 2 is 1.45 bits per heavy atom. The van der Waals surface area contributed by atoms with Gasteiger partial charge in [0.25, 0.3) is 5.91 Å². The van der Waals surface area contributed by atoms with Crippen LogP contribution in [0.15, 0.2) is 79.1 Å². The molecule has 0 saturated carbocycles. The van der Waals surface area contributed by atoms with Gasteiger partial charge in [0, 0.05) is 93.6 Å². The van der Waals surface area contributed by atoms with Crippen molar-refractivity contribution in [1.29, 1.82) is 0 Å². The van der Waals surface area contributed by atoms with Gasteiger partial charge in [-0.1, -0.05) is 38.1 Å². The van der Waals surface area contributed by atoms with E-state index in [1.807, 2.05) is 41.3 Å². The van der Waals surface area contributed by atoms with Crippen molar-refractivity contribution in [2.45, 2.75) is 64.2 Å². The molecule has 0 aliphatic carbocycles. The highest BCUT2D eigenvalue weighted by Crippen LogP contribution is 2.41. The van der Waals surface area contributed by atoms with Crippen LogP contribution in [0.25, 0.3) is 0 Å². The fraction of sp³-hybridized carbons (Fsp3) is 0.564. The summed E-state index contributed by atoms with van der Waals surface area (Å²) in [4.78, 5) is 42.2. The third-order valence-corrected chi connectivity index (χ3v) is 12.9. The molecule has 2 aliphatic heterocycles. The Hall–Kier alpha value is -4.83. The summed E-state index contributed by atoms with van der Waals surface area (Å²) in [5.74, 6) is -0.384. The standard InChI is InChI=1S/C55H79FN8O9/c1-41-36-63(49(35-59-41)39-67-6)38-52(65)64-40-55(3,4)53-51(64)34-46(33-43-7-13-47(56)14-8-43)50(61-53)37-62(5)20-22-69-24-26-71-28-30-73-32-31-72-29-27-70-25-23-68-21-19-58-42(2)44-9-11-45(12-10-44)54(66)60-48-15-17-57-18-16-48/h7-18,34,41-42,49,58-59H,19-33,35-40H2,1-6H3,(H,57,60,66)/t41-,42-,49-/m1/s1. The van der Waals surface area contributed by atoms with Gasteiger partial charge in [0.1, 0.15) is 5.82 Å². The first-order valence-electron chi connectivity index (χ1n) is 25.6. The molecule has 6 rings (SSSR count). The second kappa shape index (κ2) is 30.5. The lowest BCUT2D eigenvalue weighted by atomic mass is 9.90. The number of pyridine rings is 2. The van der Waals surface area contributed by atoms with Crippen LogP contribution in [0.2, 0.25) is 0 Å². The topological polar surface area (TPSA) is 170 Å². The zero-order valence-corrected chi connectivity index (χ0v) is 43.9. The largest absolute Gasteiger partial charge is 0.383 e. The van der Waals surface area contributed by atoms with Crippen molar-refractivity contribution in [1.82, 2.24) is 30.4 Å². The van der Waals surface area contributed by atoms with Crippen LogP contribution in [0.5, 0.6) is 0 Å².